The van der Waals surface area contributed by atoms with Gasteiger partial charge in [-0.25, -0.2) is 14.5 Å². The molecule has 0 bridgehead atoms. The van der Waals surface area contributed by atoms with Gasteiger partial charge in [-0.3, -0.25) is 0 Å². The summed E-state index contributed by atoms with van der Waals surface area (Å²) in [5.74, 6) is -0.576. The number of halogens is 3. The maximum absolute atomic E-state index is 13.7. The summed E-state index contributed by atoms with van der Waals surface area (Å²) in [4.78, 5) is 7.74. The molecular weight excluding hydrogens is 323 g/mol. The molecule has 7 heteroatoms. The molecule has 0 aliphatic rings. The van der Waals surface area contributed by atoms with Crippen LogP contribution >= 0.6 is 27.5 Å². The maximum atomic E-state index is 13.7. The van der Waals surface area contributed by atoms with Crippen LogP contribution in [0.4, 0.5) is 4.39 Å². The molecule has 3 rings (SSSR count). The van der Waals surface area contributed by atoms with E-state index in [4.69, 9.17) is 11.6 Å². The second kappa shape index (κ2) is 4.29. The molecule has 3 aromatic heterocycles. The van der Waals surface area contributed by atoms with Crippen LogP contribution in [0, 0.1) is 5.95 Å². The normalized spacial score (nSPS) is 11.1. The molecule has 90 valence electrons. The Kier molecular flexibility index (Phi) is 2.76. The molecule has 4 nitrogen and oxygen atoms in total. The monoisotopic (exact) mass is 326 g/mol. The number of hydrogen-bond acceptors (Lipinski definition) is 3. The first-order chi connectivity index (χ1) is 8.66. The summed E-state index contributed by atoms with van der Waals surface area (Å²) in [7, 11) is 0. The lowest BCUT2D eigenvalue weighted by Crippen LogP contribution is -1.99. The van der Waals surface area contributed by atoms with Crippen molar-refractivity contribution in [2.45, 2.75) is 0 Å². The summed E-state index contributed by atoms with van der Waals surface area (Å²) in [6.45, 7) is 0. The van der Waals surface area contributed by atoms with Crippen LogP contribution < -0.4 is 0 Å². The van der Waals surface area contributed by atoms with Crippen molar-refractivity contribution >= 4 is 33.2 Å². The second-order valence-electron chi connectivity index (χ2n) is 3.53. The molecule has 0 aliphatic carbocycles. The van der Waals surface area contributed by atoms with Gasteiger partial charge in [0.05, 0.1) is 21.9 Å². The highest BCUT2D eigenvalue weighted by atomic mass is 79.9. The van der Waals surface area contributed by atoms with Gasteiger partial charge in [-0.2, -0.15) is 9.49 Å². The minimum absolute atomic E-state index is 0.266. The van der Waals surface area contributed by atoms with Gasteiger partial charge < -0.3 is 0 Å². The molecule has 0 N–H and O–H groups in total. The van der Waals surface area contributed by atoms with E-state index in [0.29, 0.717) is 21.4 Å². The first-order valence-corrected chi connectivity index (χ1v) is 6.14. The number of fused-ring (bicyclic) bond motifs is 1. The van der Waals surface area contributed by atoms with Crippen molar-refractivity contribution in [3.05, 3.63) is 46.2 Å². The molecule has 0 unspecified atom stereocenters. The van der Waals surface area contributed by atoms with Crippen LogP contribution in [0.15, 0.2) is 35.1 Å². The fraction of sp³-hybridized carbons (Fsp3) is 0. The largest absolute Gasteiger partial charge is 0.228 e. The summed E-state index contributed by atoms with van der Waals surface area (Å²) in [5, 5.41) is 4.40. The van der Waals surface area contributed by atoms with Crippen molar-refractivity contribution < 1.29 is 4.39 Å². The molecule has 3 heterocycles. The van der Waals surface area contributed by atoms with Gasteiger partial charge in [-0.05, 0) is 28.1 Å². The fourth-order valence-corrected chi connectivity index (χ4v) is 2.21. The molecule has 0 aromatic carbocycles. The van der Waals surface area contributed by atoms with Crippen LogP contribution in [0.2, 0.25) is 5.15 Å². The molecule has 0 amide bonds. The maximum Gasteiger partial charge on any atom is 0.222 e. The molecule has 0 fully saturated rings. The average molecular weight is 328 g/mol. The molecular formula is C11H5BrClFN4. The third-order valence-corrected chi connectivity index (χ3v) is 3.19. The number of rotatable bonds is 1. The topological polar surface area (TPSA) is 43.1 Å². The lowest BCUT2D eigenvalue weighted by molar-refractivity contribution is 0.586. The summed E-state index contributed by atoms with van der Waals surface area (Å²) < 4.78 is 15.9. The Labute approximate surface area is 115 Å². The summed E-state index contributed by atoms with van der Waals surface area (Å²) in [6, 6.07) is 4.81. The third-order valence-electron chi connectivity index (χ3n) is 2.43. The highest BCUT2D eigenvalue weighted by Crippen LogP contribution is 2.27. The zero-order valence-corrected chi connectivity index (χ0v) is 11.2. The van der Waals surface area contributed by atoms with Gasteiger partial charge in [0.15, 0.2) is 5.65 Å². The smallest absolute Gasteiger partial charge is 0.222 e. The highest BCUT2D eigenvalue weighted by Gasteiger charge is 2.14. The van der Waals surface area contributed by atoms with E-state index in [1.807, 2.05) is 0 Å². The summed E-state index contributed by atoms with van der Waals surface area (Å²) in [6.07, 6.45) is 2.97. The van der Waals surface area contributed by atoms with Crippen LogP contribution in [-0.4, -0.2) is 19.6 Å². The van der Waals surface area contributed by atoms with Gasteiger partial charge in [0, 0.05) is 12.3 Å². The van der Waals surface area contributed by atoms with E-state index >= 15 is 0 Å². The lowest BCUT2D eigenvalue weighted by atomic mass is 10.2. The van der Waals surface area contributed by atoms with E-state index in [-0.39, 0.29) is 5.15 Å². The first kappa shape index (κ1) is 11.6. The van der Waals surface area contributed by atoms with Crippen LogP contribution in [0.3, 0.4) is 0 Å². The number of pyridine rings is 1. The number of nitrogens with zero attached hydrogens (tertiary/aromatic N) is 4. The van der Waals surface area contributed by atoms with Crippen molar-refractivity contribution in [3.63, 3.8) is 0 Å². The standard InChI is InChI=1S/C11H5BrClFN4/c12-7-5-16-18-8(4-9(13)17-11(7)18)6-2-1-3-15-10(6)14/h1-5H. The van der Waals surface area contributed by atoms with Crippen molar-refractivity contribution in [2.75, 3.05) is 0 Å². The van der Waals surface area contributed by atoms with Gasteiger partial charge in [0.25, 0.3) is 0 Å². The van der Waals surface area contributed by atoms with Gasteiger partial charge in [-0.1, -0.05) is 11.6 Å². The first-order valence-electron chi connectivity index (χ1n) is 4.97. The van der Waals surface area contributed by atoms with Crippen molar-refractivity contribution in [3.8, 4) is 11.3 Å². The Balaban J connectivity index is 2.39. The average Bonchev–Trinajstić information content (AvgIpc) is 2.71. The molecule has 0 radical (unpaired) electrons. The van der Waals surface area contributed by atoms with Gasteiger partial charge >= 0.3 is 0 Å². The molecule has 0 aliphatic heterocycles. The van der Waals surface area contributed by atoms with Gasteiger partial charge in [-0.15, -0.1) is 0 Å². The Hall–Kier alpha value is -1.53. The predicted molar refractivity (Wildman–Crippen MR) is 68.9 cm³/mol. The third kappa shape index (κ3) is 1.77. The van der Waals surface area contributed by atoms with Crippen molar-refractivity contribution in [1.82, 2.24) is 19.6 Å². The predicted octanol–water partition coefficient (Wildman–Crippen LogP) is 3.35. The van der Waals surface area contributed by atoms with Gasteiger partial charge in [0.2, 0.25) is 5.95 Å². The molecule has 0 atom stereocenters. The van der Waals surface area contributed by atoms with E-state index in [1.54, 1.807) is 24.4 Å². The van der Waals surface area contributed by atoms with Crippen LogP contribution in [0.5, 0.6) is 0 Å². The summed E-state index contributed by atoms with van der Waals surface area (Å²) in [5.41, 5.74) is 1.35. The fourth-order valence-electron chi connectivity index (χ4n) is 1.68. The Morgan fingerprint density at radius 2 is 2.22 bits per heavy atom. The minimum atomic E-state index is -0.576. The molecule has 0 saturated heterocycles. The zero-order valence-electron chi connectivity index (χ0n) is 8.81. The van der Waals surface area contributed by atoms with E-state index in [0.717, 1.165) is 0 Å². The highest BCUT2D eigenvalue weighted by molar-refractivity contribution is 9.10. The Bertz CT molecular complexity index is 743. The van der Waals surface area contributed by atoms with E-state index in [1.165, 1.54) is 10.7 Å². The van der Waals surface area contributed by atoms with Crippen molar-refractivity contribution in [1.29, 1.82) is 0 Å². The van der Waals surface area contributed by atoms with Crippen molar-refractivity contribution in [2.24, 2.45) is 0 Å². The Morgan fingerprint density at radius 3 is 3.00 bits per heavy atom. The lowest BCUT2D eigenvalue weighted by Gasteiger charge is -2.05. The van der Waals surface area contributed by atoms with Crippen LogP contribution in [0.25, 0.3) is 16.9 Å². The van der Waals surface area contributed by atoms with E-state index in [2.05, 4.69) is 31.0 Å². The number of aromatic nitrogens is 4. The Morgan fingerprint density at radius 1 is 1.39 bits per heavy atom. The van der Waals surface area contributed by atoms with Crippen LogP contribution in [0.1, 0.15) is 0 Å². The summed E-state index contributed by atoms with van der Waals surface area (Å²) >= 11 is 9.25. The number of hydrogen-bond donors (Lipinski definition) is 0. The molecule has 0 saturated carbocycles. The SMILES string of the molecule is Fc1ncccc1-c1cc(Cl)nc2c(Br)cnn12. The molecule has 18 heavy (non-hydrogen) atoms. The quantitative estimate of drug-likeness (QED) is 0.508. The van der Waals surface area contributed by atoms with E-state index < -0.39 is 5.95 Å². The molecule has 3 aromatic rings. The minimum Gasteiger partial charge on any atom is -0.228 e. The zero-order chi connectivity index (χ0) is 12.7. The van der Waals surface area contributed by atoms with E-state index in [9.17, 15) is 4.39 Å². The van der Waals surface area contributed by atoms with Gasteiger partial charge in [0.1, 0.15) is 5.15 Å². The molecule has 0 spiro atoms. The second-order valence-corrected chi connectivity index (χ2v) is 4.78. The van der Waals surface area contributed by atoms with Crippen LogP contribution in [-0.2, 0) is 0 Å².